The average molecular weight is 312 g/mol. The number of rotatable bonds is 2. The topological polar surface area (TPSA) is 133 Å². The summed E-state index contributed by atoms with van der Waals surface area (Å²) in [5, 5.41) is 28.8. The molecule has 1 aliphatic heterocycles. The molecular weight excluding hydrogens is 300 g/mol. The molecule has 0 bridgehead atoms. The van der Waals surface area contributed by atoms with E-state index < -0.39 is 36.7 Å². The van der Waals surface area contributed by atoms with Gasteiger partial charge in [-0.1, -0.05) is 0 Å². The summed E-state index contributed by atoms with van der Waals surface area (Å²) in [6, 6.07) is 0. The van der Waals surface area contributed by atoms with Crippen LogP contribution in [-0.2, 0) is 4.74 Å². The molecule has 10 heteroatoms. The van der Waals surface area contributed by atoms with Crippen LogP contribution in [0.4, 0.5) is 0 Å². The van der Waals surface area contributed by atoms with Gasteiger partial charge in [0.05, 0.1) is 12.8 Å². The van der Waals surface area contributed by atoms with Crippen molar-refractivity contribution >= 4 is 23.4 Å². The highest BCUT2D eigenvalue weighted by molar-refractivity contribution is 7.71. The Morgan fingerprint density at radius 3 is 2.86 bits per heavy atom. The third-order valence-corrected chi connectivity index (χ3v) is 3.59. The molecule has 0 aromatic carbocycles. The molecule has 0 aliphatic carbocycles. The van der Waals surface area contributed by atoms with Gasteiger partial charge in [-0.25, -0.2) is 4.98 Å². The van der Waals surface area contributed by atoms with Gasteiger partial charge in [0.15, 0.2) is 11.9 Å². The highest BCUT2D eigenvalue weighted by Gasteiger charge is 2.43. The summed E-state index contributed by atoms with van der Waals surface area (Å²) in [4.78, 5) is 21.6. The molecule has 0 saturated carbocycles. The number of aliphatic hydroxyl groups excluding tert-OH is 3. The van der Waals surface area contributed by atoms with Crippen LogP contribution >= 0.6 is 12.2 Å². The Hall–Kier alpha value is -1.72. The van der Waals surface area contributed by atoms with Crippen LogP contribution in [0.2, 0.25) is 0 Å². The van der Waals surface area contributed by atoms with Crippen molar-refractivity contribution in [1.29, 1.82) is 0 Å². The molecule has 21 heavy (non-hydrogen) atoms. The molecule has 4 N–H and O–H groups in total. The van der Waals surface area contributed by atoms with E-state index in [-0.39, 0.29) is 10.4 Å². The Morgan fingerprint density at radius 1 is 1.43 bits per heavy atom. The largest absolute Gasteiger partial charge is 0.394 e. The van der Waals surface area contributed by atoms with Crippen molar-refractivity contribution in [2.24, 2.45) is 0 Å². The summed E-state index contributed by atoms with van der Waals surface area (Å²) in [6.07, 6.45) is -1.85. The number of aromatic nitrogens is 4. The quantitative estimate of drug-likeness (QED) is 0.490. The summed E-state index contributed by atoms with van der Waals surface area (Å²) in [5.41, 5.74) is 0.159. The van der Waals surface area contributed by atoms with E-state index in [1.54, 1.807) is 0 Å². The van der Waals surface area contributed by atoms with Gasteiger partial charge in [0.25, 0.3) is 5.56 Å². The molecule has 1 aliphatic rings. The molecule has 0 amide bonds. The first-order valence-corrected chi connectivity index (χ1v) is 6.53. The minimum absolute atomic E-state index is 0.0426. The number of hydrogen-bond acceptors (Lipinski definition) is 8. The van der Waals surface area contributed by atoms with Gasteiger partial charge >= 0.3 is 0 Å². The third-order valence-electron chi connectivity index (χ3n) is 3.29. The zero-order valence-corrected chi connectivity index (χ0v) is 11.4. The summed E-state index contributed by atoms with van der Waals surface area (Å²) in [7, 11) is 0. The highest BCUT2D eigenvalue weighted by atomic mass is 32.1. The standard InChI is InChI=1S/C11H12N4O5S/c16-3-5-7(18)8(19)10(20-5)15-2-4-9(14-11(15)21)13-6(17)1-12-4/h1-2,5,7-8,10,16,18-19H,3H2,(H,13,14,17,21)/t5-,7?,8+,10-/m1/s1. The predicted octanol–water partition coefficient (Wildman–Crippen LogP) is -1.54. The number of nitrogens with one attached hydrogen (secondary N) is 1. The van der Waals surface area contributed by atoms with Gasteiger partial charge in [-0.2, -0.15) is 4.98 Å². The Bertz CT molecular complexity index is 790. The molecular formula is C11H12N4O5S. The summed E-state index contributed by atoms with van der Waals surface area (Å²) < 4.78 is 6.75. The van der Waals surface area contributed by atoms with Crippen molar-refractivity contribution in [2.45, 2.75) is 24.5 Å². The first kappa shape index (κ1) is 14.2. The zero-order chi connectivity index (χ0) is 15.1. The molecule has 3 rings (SSSR count). The second kappa shape index (κ2) is 5.24. The van der Waals surface area contributed by atoms with Crippen LogP contribution in [0.3, 0.4) is 0 Å². The maximum Gasteiger partial charge on any atom is 0.268 e. The van der Waals surface area contributed by atoms with E-state index in [0.717, 1.165) is 6.20 Å². The van der Waals surface area contributed by atoms with E-state index in [1.165, 1.54) is 10.8 Å². The smallest absolute Gasteiger partial charge is 0.268 e. The van der Waals surface area contributed by atoms with E-state index in [2.05, 4.69) is 15.0 Å². The van der Waals surface area contributed by atoms with Gasteiger partial charge in [-0.3, -0.25) is 9.36 Å². The van der Waals surface area contributed by atoms with Gasteiger partial charge in [-0.15, -0.1) is 0 Å². The van der Waals surface area contributed by atoms with Crippen LogP contribution in [0.25, 0.3) is 11.2 Å². The van der Waals surface area contributed by atoms with Crippen molar-refractivity contribution in [1.82, 2.24) is 19.5 Å². The predicted molar refractivity (Wildman–Crippen MR) is 72.0 cm³/mol. The van der Waals surface area contributed by atoms with Crippen molar-refractivity contribution < 1.29 is 20.1 Å². The minimum atomic E-state index is -1.27. The number of aromatic amines is 1. The number of fused-ring (bicyclic) bond motifs is 1. The van der Waals surface area contributed by atoms with Gasteiger partial charge in [0, 0.05) is 6.20 Å². The first-order valence-electron chi connectivity index (χ1n) is 6.12. The number of nitrogens with zero attached hydrogens (tertiary/aromatic N) is 3. The minimum Gasteiger partial charge on any atom is -0.394 e. The monoisotopic (exact) mass is 312 g/mol. The first-order chi connectivity index (χ1) is 10.0. The van der Waals surface area contributed by atoms with E-state index in [4.69, 9.17) is 22.1 Å². The van der Waals surface area contributed by atoms with E-state index in [1.807, 2.05) is 0 Å². The molecule has 0 spiro atoms. The maximum atomic E-state index is 11.2. The number of hydrogen-bond donors (Lipinski definition) is 4. The fourth-order valence-electron chi connectivity index (χ4n) is 2.21. The molecule has 4 atom stereocenters. The van der Waals surface area contributed by atoms with Crippen molar-refractivity contribution in [3.05, 3.63) is 27.5 Å². The Morgan fingerprint density at radius 2 is 2.19 bits per heavy atom. The zero-order valence-electron chi connectivity index (χ0n) is 10.6. The lowest BCUT2D eigenvalue weighted by Crippen LogP contribution is -2.33. The van der Waals surface area contributed by atoms with E-state index in [9.17, 15) is 15.0 Å². The molecule has 2 aromatic rings. The second-order valence-corrected chi connectivity index (χ2v) is 5.01. The lowest BCUT2D eigenvalue weighted by molar-refractivity contribution is -0.0539. The maximum absolute atomic E-state index is 11.2. The molecule has 0 radical (unpaired) electrons. The van der Waals surface area contributed by atoms with Crippen LogP contribution in [0.15, 0.2) is 17.2 Å². The summed E-state index contributed by atoms with van der Waals surface area (Å²) in [6.45, 7) is -0.436. The molecule has 2 aromatic heterocycles. The molecule has 3 heterocycles. The van der Waals surface area contributed by atoms with Crippen LogP contribution in [0.1, 0.15) is 6.23 Å². The van der Waals surface area contributed by atoms with Gasteiger partial charge in [0.1, 0.15) is 23.8 Å². The lowest BCUT2D eigenvalue weighted by Gasteiger charge is -2.18. The number of ether oxygens (including phenoxy) is 1. The van der Waals surface area contributed by atoms with Crippen LogP contribution in [0, 0.1) is 4.77 Å². The SMILES string of the molecule is O=c1cnc2cn([C@@H]3O[C@H](CO)C(O)[C@@H]3O)c(=S)nc2[nH]1. The van der Waals surface area contributed by atoms with Crippen LogP contribution < -0.4 is 5.56 Å². The van der Waals surface area contributed by atoms with E-state index in [0.29, 0.717) is 5.52 Å². The molecule has 9 nitrogen and oxygen atoms in total. The van der Waals surface area contributed by atoms with Crippen LogP contribution in [0.5, 0.6) is 0 Å². The molecule has 1 unspecified atom stereocenters. The fraction of sp³-hybridized carbons (Fsp3) is 0.455. The Balaban J connectivity index is 2.09. The van der Waals surface area contributed by atoms with Gasteiger partial charge < -0.3 is 25.0 Å². The summed E-state index contributed by atoms with van der Waals surface area (Å²) in [5.74, 6) is 0. The normalized spacial score (nSPS) is 29.1. The average Bonchev–Trinajstić information content (AvgIpc) is 2.74. The Labute approximate surface area is 122 Å². The number of aliphatic hydroxyl groups is 3. The Kier molecular flexibility index (Phi) is 3.55. The fourth-order valence-corrected chi connectivity index (χ4v) is 2.46. The van der Waals surface area contributed by atoms with E-state index >= 15 is 0 Å². The highest BCUT2D eigenvalue weighted by Crippen LogP contribution is 2.29. The van der Waals surface area contributed by atoms with Crippen LogP contribution in [-0.4, -0.2) is 59.8 Å². The molecule has 1 saturated heterocycles. The molecule has 112 valence electrons. The third kappa shape index (κ3) is 2.36. The van der Waals surface area contributed by atoms with Crippen molar-refractivity contribution in [3.63, 3.8) is 0 Å². The lowest BCUT2D eigenvalue weighted by atomic mass is 10.1. The van der Waals surface area contributed by atoms with Gasteiger partial charge in [-0.05, 0) is 12.2 Å². The van der Waals surface area contributed by atoms with Gasteiger partial charge in [0.2, 0.25) is 4.77 Å². The summed E-state index contributed by atoms with van der Waals surface area (Å²) >= 11 is 5.09. The number of H-pyrrole nitrogens is 1. The second-order valence-electron chi connectivity index (χ2n) is 4.64. The molecule has 1 fully saturated rings. The van der Waals surface area contributed by atoms with Crippen molar-refractivity contribution in [2.75, 3.05) is 6.61 Å². The van der Waals surface area contributed by atoms with Crippen molar-refractivity contribution in [3.8, 4) is 0 Å².